The van der Waals surface area contributed by atoms with Crippen molar-refractivity contribution in [2.45, 2.75) is 46.1 Å². The van der Waals surface area contributed by atoms with Crippen molar-refractivity contribution in [2.24, 2.45) is 0 Å². The Bertz CT molecular complexity index is 104. The smallest absolute Gasteiger partial charge is 0.214 e. The summed E-state index contributed by atoms with van der Waals surface area (Å²) in [7, 11) is 0. The highest BCUT2D eigenvalue weighted by atomic mass is 16.6. The average molecular weight is 161 g/mol. The van der Waals surface area contributed by atoms with Gasteiger partial charge in [0.05, 0.1) is 5.60 Å². The Hall–Kier alpha value is -0.120. The fraction of sp³-hybridized carbons (Fsp3) is 1.00. The Labute approximate surface area is 68.8 Å². The summed E-state index contributed by atoms with van der Waals surface area (Å²) in [5.74, 6) is 0. The fourth-order valence-electron chi connectivity index (χ4n) is 0.602. The van der Waals surface area contributed by atoms with Crippen LogP contribution in [0.3, 0.4) is 0 Å². The zero-order valence-electron chi connectivity index (χ0n) is 7.85. The van der Waals surface area contributed by atoms with Crippen LogP contribution in [-0.2, 0) is 4.74 Å². The van der Waals surface area contributed by atoms with Crippen LogP contribution in [0.2, 0.25) is 0 Å². The number of hydrogen-bond donors (Lipinski definition) is 2. The first-order chi connectivity index (χ1) is 5.02. The van der Waals surface area contributed by atoms with E-state index in [1.165, 1.54) is 0 Å². The van der Waals surface area contributed by atoms with E-state index in [1.807, 2.05) is 27.7 Å². The number of nitrogens with one attached hydrogen (secondary N) is 1. The van der Waals surface area contributed by atoms with E-state index in [-0.39, 0.29) is 5.60 Å². The molecular weight excluding hydrogens is 142 g/mol. The lowest BCUT2D eigenvalue weighted by Gasteiger charge is -2.26. The van der Waals surface area contributed by atoms with Gasteiger partial charge in [0.2, 0.25) is 6.41 Å². The number of aliphatic hydroxyl groups is 1. The molecule has 0 aromatic heterocycles. The second-order valence-corrected chi connectivity index (χ2v) is 3.14. The maximum atomic E-state index is 9.18. The number of hydrogen-bond acceptors (Lipinski definition) is 3. The van der Waals surface area contributed by atoms with Gasteiger partial charge in [-0.3, -0.25) is 5.32 Å². The average Bonchev–Trinajstić information content (AvgIpc) is 1.87. The van der Waals surface area contributed by atoms with E-state index in [0.29, 0.717) is 6.54 Å². The normalized spacial score (nSPS) is 15.0. The zero-order chi connectivity index (χ0) is 8.91. The lowest BCUT2D eigenvalue weighted by atomic mass is 10.1. The van der Waals surface area contributed by atoms with Crippen LogP contribution >= 0.6 is 0 Å². The number of rotatable bonds is 5. The van der Waals surface area contributed by atoms with Crippen LogP contribution in [0.4, 0.5) is 0 Å². The third-order valence-electron chi connectivity index (χ3n) is 1.66. The Morgan fingerprint density at radius 1 is 1.45 bits per heavy atom. The minimum absolute atomic E-state index is 0.248. The molecule has 0 spiro atoms. The molecule has 0 amide bonds. The molecule has 0 fully saturated rings. The van der Waals surface area contributed by atoms with Crippen molar-refractivity contribution in [3.05, 3.63) is 0 Å². The Morgan fingerprint density at radius 2 is 2.00 bits per heavy atom. The second-order valence-electron chi connectivity index (χ2n) is 3.14. The Kier molecular flexibility index (Phi) is 4.65. The Morgan fingerprint density at radius 3 is 2.36 bits per heavy atom. The SMILES string of the molecule is CCN[C@@H](O)OC(C)(C)CC. The van der Waals surface area contributed by atoms with E-state index < -0.39 is 6.41 Å². The molecule has 0 bridgehead atoms. The zero-order valence-corrected chi connectivity index (χ0v) is 7.85. The summed E-state index contributed by atoms with van der Waals surface area (Å²) in [6.07, 6.45) is 0.0464. The molecule has 0 aliphatic rings. The number of ether oxygens (including phenoxy) is 1. The van der Waals surface area contributed by atoms with Gasteiger partial charge in [0, 0.05) is 0 Å². The molecule has 11 heavy (non-hydrogen) atoms. The van der Waals surface area contributed by atoms with Gasteiger partial charge >= 0.3 is 0 Å². The molecule has 0 saturated carbocycles. The first-order valence-corrected chi connectivity index (χ1v) is 4.11. The molecule has 1 atom stereocenters. The van der Waals surface area contributed by atoms with Crippen molar-refractivity contribution < 1.29 is 9.84 Å². The van der Waals surface area contributed by atoms with Gasteiger partial charge < -0.3 is 9.84 Å². The summed E-state index contributed by atoms with van der Waals surface area (Å²) in [5, 5.41) is 12.0. The van der Waals surface area contributed by atoms with Crippen LogP contribution in [0.15, 0.2) is 0 Å². The van der Waals surface area contributed by atoms with Crippen LogP contribution in [0.25, 0.3) is 0 Å². The molecule has 0 radical (unpaired) electrons. The van der Waals surface area contributed by atoms with Gasteiger partial charge in [-0.05, 0) is 26.8 Å². The van der Waals surface area contributed by atoms with Gasteiger partial charge in [-0.15, -0.1) is 0 Å². The molecule has 2 N–H and O–H groups in total. The minimum atomic E-state index is -0.838. The predicted octanol–water partition coefficient (Wildman–Crippen LogP) is 1.08. The van der Waals surface area contributed by atoms with E-state index in [2.05, 4.69) is 5.32 Å². The van der Waals surface area contributed by atoms with E-state index in [1.54, 1.807) is 0 Å². The lowest BCUT2D eigenvalue weighted by Crippen LogP contribution is -2.39. The molecule has 3 nitrogen and oxygen atoms in total. The van der Waals surface area contributed by atoms with Crippen LogP contribution in [0.1, 0.15) is 34.1 Å². The lowest BCUT2D eigenvalue weighted by molar-refractivity contribution is -0.188. The van der Waals surface area contributed by atoms with E-state index >= 15 is 0 Å². The predicted molar refractivity (Wildman–Crippen MR) is 45.1 cm³/mol. The second kappa shape index (κ2) is 4.70. The molecule has 0 aliphatic heterocycles. The van der Waals surface area contributed by atoms with Crippen molar-refractivity contribution in [3.8, 4) is 0 Å². The summed E-state index contributed by atoms with van der Waals surface area (Å²) >= 11 is 0. The van der Waals surface area contributed by atoms with Crippen molar-refractivity contribution in [3.63, 3.8) is 0 Å². The highest BCUT2D eigenvalue weighted by molar-refractivity contribution is 4.65. The third-order valence-corrected chi connectivity index (χ3v) is 1.66. The molecule has 0 saturated heterocycles. The summed E-state index contributed by atoms with van der Waals surface area (Å²) in [4.78, 5) is 0. The van der Waals surface area contributed by atoms with E-state index in [0.717, 1.165) is 6.42 Å². The molecule has 0 aliphatic carbocycles. The van der Waals surface area contributed by atoms with Gasteiger partial charge in [0.25, 0.3) is 0 Å². The van der Waals surface area contributed by atoms with Crippen molar-refractivity contribution in [2.75, 3.05) is 6.54 Å². The van der Waals surface area contributed by atoms with Gasteiger partial charge in [-0.1, -0.05) is 13.8 Å². The molecule has 0 rings (SSSR count). The molecule has 0 aromatic rings. The van der Waals surface area contributed by atoms with E-state index in [9.17, 15) is 5.11 Å². The van der Waals surface area contributed by atoms with Crippen molar-refractivity contribution in [1.29, 1.82) is 0 Å². The topological polar surface area (TPSA) is 41.5 Å². The highest BCUT2D eigenvalue weighted by Crippen LogP contribution is 2.14. The first-order valence-electron chi connectivity index (χ1n) is 4.11. The molecule has 0 aromatic carbocycles. The maximum absolute atomic E-state index is 9.18. The summed E-state index contributed by atoms with van der Waals surface area (Å²) in [6.45, 7) is 8.56. The molecule has 68 valence electrons. The fourth-order valence-corrected chi connectivity index (χ4v) is 0.602. The third kappa shape index (κ3) is 5.18. The minimum Gasteiger partial charge on any atom is -0.356 e. The monoisotopic (exact) mass is 161 g/mol. The summed E-state index contributed by atoms with van der Waals surface area (Å²) in [5.41, 5.74) is -0.248. The van der Waals surface area contributed by atoms with Gasteiger partial charge in [0.15, 0.2) is 0 Å². The standard InChI is InChI=1S/C8H19NO2/c1-5-8(3,4)11-7(10)9-6-2/h7,9-10H,5-6H2,1-4H3/t7-/m0/s1. The van der Waals surface area contributed by atoms with Crippen LogP contribution in [0, 0.1) is 0 Å². The van der Waals surface area contributed by atoms with Crippen molar-refractivity contribution in [1.82, 2.24) is 5.32 Å². The van der Waals surface area contributed by atoms with Crippen LogP contribution in [0.5, 0.6) is 0 Å². The van der Waals surface area contributed by atoms with Crippen LogP contribution in [-0.4, -0.2) is 23.7 Å². The largest absolute Gasteiger partial charge is 0.356 e. The van der Waals surface area contributed by atoms with Gasteiger partial charge in [-0.25, -0.2) is 0 Å². The van der Waals surface area contributed by atoms with E-state index in [4.69, 9.17) is 4.74 Å². The maximum Gasteiger partial charge on any atom is 0.214 e. The van der Waals surface area contributed by atoms with Gasteiger partial charge in [0.1, 0.15) is 0 Å². The van der Waals surface area contributed by atoms with Crippen LogP contribution < -0.4 is 5.32 Å². The highest BCUT2D eigenvalue weighted by Gasteiger charge is 2.19. The first kappa shape index (κ1) is 10.9. The molecule has 3 heteroatoms. The summed E-state index contributed by atoms with van der Waals surface area (Å²) in [6, 6.07) is 0. The molecule has 0 unspecified atom stereocenters. The molecular formula is C8H19NO2. The quantitative estimate of drug-likeness (QED) is 0.593. The number of aliphatic hydroxyl groups excluding tert-OH is 1. The van der Waals surface area contributed by atoms with Crippen molar-refractivity contribution >= 4 is 0 Å². The Balaban J connectivity index is 3.64. The molecule has 0 heterocycles. The van der Waals surface area contributed by atoms with Gasteiger partial charge in [-0.2, -0.15) is 0 Å². The summed E-state index contributed by atoms with van der Waals surface area (Å²) < 4.78 is 5.27.